The van der Waals surface area contributed by atoms with Crippen LogP contribution in [0.1, 0.15) is 25.5 Å². The highest BCUT2D eigenvalue weighted by Crippen LogP contribution is 2.27. The van der Waals surface area contributed by atoms with Gasteiger partial charge < -0.3 is 10.8 Å². The average Bonchev–Trinajstić information content (AvgIpc) is 2.28. The van der Waals surface area contributed by atoms with Crippen LogP contribution in [0.3, 0.4) is 0 Å². The van der Waals surface area contributed by atoms with Gasteiger partial charge in [-0.1, -0.05) is 26.0 Å². The first-order valence-electron chi connectivity index (χ1n) is 5.59. The lowest BCUT2D eigenvalue weighted by Gasteiger charge is -2.23. The molecule has 1 aromatic rings. The molecule has 0 aliphatic carbocycles. The molecule has 0 aromatic heterocycles. The molecule has 2 unspecified atom stereocenters. The molecule has 0 fully saturated rings. The Balaban J connectivity index is 2.93. The van der Waals surface area contributed by atoms with Crippen LogP contribution in [-0.4, -0.2) is 17.3 Å². The van der Waals surface area contributed by atoms with Gasteiger partial charge in [-0.3, -0.25) is 4.79 Å². The van der Waals surface area contributed by atoms with Crippen LogP contribution in [0, 0.1) is 11.8 Å². The van der Waals surface area contributed by atoms with Gasteiger partial charge in [0.05, 0.1) is 5.92 Å². The molecule has 0 aliphatic rings. The van der Waals surface area contributed by atoms with E-state index in [-0.39, 0.29) is 5.92 Å². The highest BCUT2D eigenvalue weighted by Gasteiger charge is 2.29. The third kappa shape index (κ3) is 3.48. The maximum atomic E-state index is 11.2. The maximum absolute atomic E-state index is 11.2. The standard InChI is InChI=1S/C13H19NO2S/c1-8(2)11(13(15)16)12(14)9-4-6-10(17-3)7-5-9/h4-8,11-12H,14H2,1-3H3,(H,15,16). The summed E-state index contributed by atoms with van der Waals surface area (Å²) in [4.78, 5) is 12.3. The minimum atomic E-state index is -0.832. The molecule has 2 atom stereocenters. The van der Waals surface area contributed by atoms with E-state index in [0.29, 0.717) is 0 Å². The van der Waals surface area contributed by atoms with Crippen molar-refractivity contribution >= 4 is 17.7 Å². The fraction of sp³-hybridized carbons (Fsp3) is 0.462. The van der Waals surface area contributed by atoms with Gasteiger partial charge in [0.2, 0.25) is 0 Å². The van der Waals surface area contributed by atoms with E-state index in [1.54, 1.807) is 11.8 Å². The fourth-order valence-electron chi connectivity index (χ4n) is 1.89. The average molecular weight is 253 g/mol. The summed E-state index contributed by atoms with van der Waals surface area (Å²) in [6.45, 7) is 3.77. The second-order valence-electron chi connectivity index (χ2n) is 4.41. The van der Waals surface area contributed by atoms with Crippen LogP contribution in [0.25, 0.3) is 0 Å². The van der Waals surface area contributed by atoms with Crippen molar-refractivity contribution in [3.8, 4) is 0 Å². The molecule has 0 heterocycles. The highest BCUT2D eigenvalue weighted by molar-refractivity contribution is 7.98. The SMILES string of the molecule is CSc1ccc(C(N)C(C(=O)O)C(C)C)cc1. The molecule has 0 radical (unpaired) electrons. The number of carbonyl (C=O) groups is 1. The van der Waals surface area contributed by atoms with Crippen LogP contribution in [0.2, 0.25) is 0 Å². The zero-order valence-electron chi connectivity index (χ0n) is 10.4. The molecule has 3 nitrogen and oxygen atoms in total. The Hall–Kier alpha value is -1.00. The number of carboxylic acid groups (broad SMARTS) is 1. The van der Waals surface area contributed by atoms with E-state index in [0.717, 1.165) is 10.5 Å². The van der Waals surface area contributed by atoms with Crippen LogP contribution >= 0.6 is 11.8 Å². The molecule has 0 saturated heterocycles. The lowest BCUT2D eigenvalue weighted by Crippen LogP contribution is -2.32. The Bertz CT molecular complexity index is 376. The van der Waals surface area contributed by atoms with E-state index in [1.165, 1.54) is 0 Å². The van der Waals surface area contributed by atoms with Crippen LogP contribution in [0.4, 0.5) is 0 Å². The largest absolute Gasteiger partial charge is 0.481 e. The first-order chi connectivity index (χ1) is 7.97. The normalized spacial score (nSPS) is 14.6. The van der Waals surface area contributed by atoms with E-state index >= 15 is 0 Å². The Morgan fingerprint density at radius 3 is 2.18 bits per heavy atom. The second kappa shape index (κ2) is 6.07. The topological polar surface area (TPSA) is 63.3 Å². The molecular weight excluding hydrogens is 234 g/mol. The number of carboxylic acids is 1. The molecule has 0 spiro atoms. The molecule has 3 N–H and O–H groups in total. The van der Waals surface area contributed by atoms with Crippen LogP contribution in [-0.2, 0) is 4.79 Å². The van der Waals surface area contributed by atoms with Gasteiger partial charge in [-0.15, -0.1) is 11.8 Å². The van der Waals surface area contributed by atoms with E-state index in [2.05, 4.69) is 0 Å². The molecular formula is C13H19NO2S. The van der Waals surface area contributed by atoms with Crippen molar-refractivity contribution in [2.24, 2.45) is 17.6 Å². The van der Waals surface area contributed by atoms with E-state index in [1.807, 2.05) is 44.4 Å². The lowest BCUT2D eigenvalue weighted by molar-refractivity contribution is -0.144. The van der Waals surface area contributed by atoms with Gasteiger partial charge in [0.15, 0.2) is 0 Å². The zero-order valence-corrected chi connectivity index (χ0v) is 11.2. The molecule has 1 rings (SSSR count). The Morgan fingerprint density at radius 1 is 1.29 bits per heavy atom. The van der Waals surface area contributed by atoms with Crippen LogP contribution in [0.15, 0.2) is 29.2 Å². The third-order valence-electron chi connectivity index (χ3n) is 2.89. The van der Waals surface area contributed by atoms with Crippen molar-refractivity contribution in [3.05, 3.63) is 29.8 Å². The number of benzene rings is 1. The third-order valence-corrected chi connectivity index (χ3v) is 3.63. The van der Waals surface area contributed by atoms with E-state index in [9.17, 15) is 9.90 Å². The molecule has 0 aliphatic heterocycles. The van der Waals surface area contributed by atoms with Crippen LogP contribution < -0.4 is 5.73 Å². The Morgan fingerprint density at radius 2 is 1.82 bits per heavy atom. The number of nitrogens with two attached hydrogens (primary N) is 1. The van der Waals surface area contributed by atoms with Gasteiger partial charge >= 0.3 is 5.97 Å². The maximum Gasteiger partial charge on any atom is 0.308 e. The van der Waals surface area contributed by atoms with Gasteiger partial charge in [0, 0.05) is 10.9 Å². The summed E-state index contributed by atoms with van der Waals surface area (Å²) >= 11 is 1.65. The van der Waals surface area contributed by atoms with Crippen molar-refractivity contribution < 1.29 is 9.90 Å². The Kier molecular flexibility index (Phi) is 5.02. The molecule has 1 aromatic carbocycles. The van der Waals surface area contributed by atoms with Crippen molar-refractivity contribution in [1.82, 2.24) is 0 Å². The minimum absolute atomic E-state index is 0.0164. The van der Waals surface area contributed by atoms with E-state index in [4.69, 9.17) is 5.73 Å². The van der Waals surface area contributed by atoms with Crippen LogP contribution in [0.5, 0.6) is 0 Å². The number of rotatable bonds is 5. The van der Waals surface area contributed by atoms with Gasteiger partial charge in [-0.05, 0) is 29.9 Å². The van der Waals surface area contributed by atoms with Crippen molar-refractivity contribution in [2.45, 2.75) is 24.8 Å². The summed E-state index contributed by atoms with van der Waals surface area (Å²) in [5.41, 5.74) is 6.92. The number of thioether (sulfide) groups is 1. The first-order valence-corrected chi connectivity index (χ1v) is 6.82. The molecule has 0 bridgehead atoms. The molecule has 4 heteroatoms. The number of hydrogen-bond donors (Lipinski definition) is 2. The lowest BCUT2D eigenvalue weighted by atomic mass is 9.85. The van der Waals surface area contributed by atoms with E-state index < -0.39 is 17.9 Å². The van der Waals surface area contributed by atoms with Crippen molar-refractivity contribution in [2.75, 3.05) is 6.26 Å². The molecule has 17 heavy (non-hydrogen) atoms. The quantitative estimate of drug-likeness (QED) is 0.792. The number of aliphatic carboxylic acids is 1. The summed E-state index contributed by atoms with van der Waals surface area (Å²) in [5, 5.41) is 9.19. The van der Waals surface area contributed by atoms with Gasteiger partial charge in [-0.25, -0.2) is 0 Å². The minimum Gasteiger partial charge on any atom is -0.481 e. The summed E-state index contributed by atoms with van der Waals surface area (Å²) in [7, 11) is 0. The van der Waals surface area contributed by atoms with Gasteiger partial charge in [-0.2, -0.15) is 0 Å². The second-order valence-corrected chi connectivity index (χ2v) is 5.29. The highest BCUT2D eigenvalue weighted by atomic mass is 32.2. The Labute approximate surface area is 106 Å². The number of hydrogen-bond acceptors (Lipinski definition) is 3. The summed E-state index contributed by atoms with van der Waals surface area (Å²) in [6, 6.07) is 7.31. The van der Waals surface area contributed by atoms with Crippen molar-refractivity contribution in [1.29, 1.82) is 0 Å². The predicted molar refractivity (Wildman–Crippen MR) is 71.1 cm³/mol. The monoisotopic (exact) mass is 253 g/mol. The smallest absolute Gasteiger partial charge is 0.308 e. The zero-order chi connectivity index (χ0) is 13.0. The van der Waals surface area contributed by atoms with Gasteiger partial charge in [0.25, 0.3) is 0 Å². The fourth-order valence-corrected chi connectivity index (χ4v) is 2.30. The molecule has 0 saturated carbocycles. The summed E-state index contributed by atoms with van der Waals surface area (Å²) in [6.07, 6.45) is 2.00. The molecule has 0 amide bonds. The predicted octanol–water partition coefficient (Wildman–Crippen LogP) is 2.77. The first kappa shape index (κ1) is 14.1. The molecule has 94 valence electrons. The van der Waals surface area contributed by atoms with Crippen molar-refractivity contribution in [3.63, 3.8) is 0 Å². The summed E-state index contributed by atoms with van der Waals surface area (Å²) in [5.74, 6) is -1.36. The summed E-state index contributed by atoms with van der Waals surface area (Å²) < 4.78 is 0. The van der Waals surface area contributed by atoms with Gasteiger partial charge in [0.1, 0.15) is 0 Å².